The van der Waals surface area contributed by atoms with E-state index in [1.54, 1.807) is 18.2 Å². The summed E-state index contributed by atoms with van der Waals surface area (Å²) in [6.45, 7) is 0.409. The number of imidazole rings is 1. The van der Waals surface area contributed by atoms with Crippen LogP contribution in [0.2, 0.25) is 0 Å². The minimum atomic E-state index is -0.510. The average Bonchev–Trinajstić information content (AvgIpc) is 3.21. The van der Waals surface area contributed by atoms with E-state index in [4.69, 9.17) is 16.2 Å². The number of benzene rings is 3. The summed E-state index contributed by atoms with van der Waals surface area (Å²) in [4.78, 5) is 30.1. The second-order valence-corrected chi connectivity index (χ2v) is 6.94. The molecule has 2 amide bonds. The number of rotatable bonds is 7. The van der Waals surface area contributed by atoms with Crippen LogP contribution in [0.4, 0.5) is 0 Å². The van der Waals surface area contributed by atoms with Gasteiger partial charge < -0.3 is 21.2 Å². The lowest BCUT2D eigenvalue weighted by atomic mass is 10.1. The molecule has 0 saturated carbocycles. The van der Waals surface area contributed by atoms with Crippen LogP contribution in [0.15, 0.2) is 72.8 Å². The van der Waals surface area contributed by atoms with Crippen molar-refractivity contribution in [1.29, 1.82) is 0 Å². The molecule has 1 heterocycles. The van der Waals surface area contributed by atoms with Crippen molar-refractivity contribution in [3.8, 4) is 17.1 Å². The molecule has 0 radical (unpaired) electrons. The molecule has 4 aromatic rings. The maximum Gasteiger partial charge on any atom is 0.250 e. The van der Waals surface area contributed by atoms with Crippen molar-refractivity contribution in [2.75, 3.05) is 0 Å². The van der Waals surface area contributed by atoms with E-state index in [2.05, 4.69) is 9.97 Å². The Hall–Kier alpha value is -4.39. The predicted molar refractivity (Wildman–Crippen MR) is 119 cm³/mol. The lowest BCUT2D eigenvalue weighted by molar-refractivity contribution is -0.113. The third-order valence-electron chi connectivity index (χ3n) is 4.73. The Morgan fingerprint density at radius 2 is 1.71 bits per heavy atom. The fourth-order valence-corrected chi connectivity index (χ4v) is 3.15. The predicted octanol–water partition coefficient (Wildman–Crippen LogP) is 3.41. The van der Waals surface area contributed by atoms with Crippen LogP contribution in [0.25, 0.3) is 28.5 Å². The summed E-state index contributed by atoms with van der Waals surface area (Å²) in [7, 11) is 0. The summed E-state index contributed by atoms with van der Waals surface area (Å²) in [6, 6.07) is 20.4. The molecule has 31 heavy (non-hydrogen) atoms. The van der Waals surface area contributed by atoms with Crippen molar-refractivity contribution in [2.45, 2.75) is 6.61 Å². The molecule has 0 bridgehead atoms. The number of nitrogens with zero attached hydrogens (tertiary/aromatic N) is 1. The molecule has 0 aliphatic rings. The van der Waals surface area contributed by atoms with E-state index in [0.717, 1.165) is 28.0 Å². The molecule has 1 aromatic heterocycles. The van der Waals surface area contributed by atoms with Crippen molar-refractivity contribution >= 4 is 28.9 Å². The smallest absolute Gasteiger partial charge is 0.250 e. The van der Waals surface area contributed by atoms with Crippen LogP contribution in [0.1, 0.15) is 21.5 Å². The normalized spacial score (nSPS) is 11.1. The number of nitrogens with one attached hydrogen (secondary N) is 1. The third kappa shape index (κ3) is 4.62. The number of para-hydroxylation sites is 1. The molecule has 154 valence electrons. The molecule has 5 N–H and O–H groups in total. The van der Waals surface area contributed by atoms with Crippen molar-refractivity contribution in [3.63, 3.8) is 0 Å². The fraction of sp³-hybridized carbons (Fsp3) is 0.0417. The Morgan fingerprint density at radius 3 is 2.39 bits per heavy atom. The van der Waals surface area contributed by atoms with Crippen molar-refractivity contribution in [2.24, 2.45) is 11.5 Å². The molecule has 0 aliphatic heterocycles. The van der Waals surface area contributed by atoms with E-state index >= 15 is 0 Å². The van der Waals surface area contributed by atoms with Crippen molar-refractivity contribution in [3.05, 3.63) is 89.5 Å². The van der Waals surface area contributed by atoms with Gasteiger partial charge in [-0.1, -0.05) is 30.3 Å². The second-order valence-electron chi connectivity index (χ2n) is 6.94. The highest BCUT2D eigenvalue weighted by atomic mass is 16.5. The van der Waals surface area contributed by atoms with Crippen molar-refractivity contribution in [1.82, 2.24) is 9.97 Å². The first-order valence-corrected chi connectivity index (χ1v) is 9.58. The second kappa shape index (κ2) is 8.54. The van der Waals surface area contributed by atoms with Gasteiger partial charge in [0.2, 0.25) is 5.91 Å². The van der Waals surface area contributed by atoms with E-state index in [1.807, 2.05) is 54.6 Å². The molecule has 7 nitrogen and oxygen atoms in total. The van der Waals surface area contributed by atoms with Crippen LogP contribution in [0, 0.1) is 0 Å². The van der Waals surface area contributed by atoms with Crippen LogP contribution in [-0.2, 0) is 11.4 Å². The zero-order chi connectivity index (χ0) is 21.8. The van der Waals surface area contributed by atoms with Gasteiger partial charge in [-0.3, -0.25) is 9.59 Å². The highest BCUT2D eigenvalue weighted by molar-refractivity contribution is 6.04. The number of hydrogen-bond acceptors (Lipinski definition) is 4. The molecule has 0 unspecified atom stereocenters. The minimum Gasteiger partial charge on any atom is -0.489 e. The van der Waals surface area contributed by atoms with E-state index in [9.17, 15) is 9.59 Å². The van der Waals surface area contributed by atoms with E-state index < -0.39 is 11.8 Å². The van der Waals surface area contributed by atoms with Gasteiger partial charge >= 0.3 is 0 Å². The van der Waals surface area contributed by atoms with Gasteiger partial charge in [0, 0.05) is 11.6 Å². The van der Waals surface area contributed by atoms with E-state index in [-0.39, 0.29) is 0 Å². The van der Waals surface area contributed by atoms with Crippen molar-refractivity contribution < 1.29 is 14.3 Å². The van der Waals surface area contributed by atoms with E-state index in [0.29, 0.717) is 23.5 Å². The highest BCUT2D eigenvalue weighted by Crippen LogP contribution is 2.25. The van der Waals surface area contributed by atoms with Gasteiger partial charge in [0.05, 0.1) is 11.1 Å². The Kier molecular flexibility index (Phi) is 5.49. The van der Waals surface area contributed by atoms with Crippen LogP contribution >= 0.6 is 0 Å². The summed E-state index contributed by atoms with van der Waals surface area (Å²) in [5, 5.41) is 0. The number of nitrogens with two attached hydrogens (primary N) is 2. The summed E-state index contributed by atoms with van der Waals surface area (Å²) in [5.74, 6) is 0.376. The minimum absolute atomic E-state index is 0.385. The lowest BCUT2D eigenvalue weighted by Gasteiger charge is -2.07. The molecular weight excluding hydrogens is 392 g/mol. The SMILES string of the molecule is NC(=O)/C=C/c1ccc(COc2ccc(-c3nc4c(C(N)=O)cccc4[nH]3)cc2)cc1. The van der Waals surface area contributed by atoms with Gasteiger partial charge in [-0.05, 0) is 53.6 Å². The van der Waals surface area contributed by atoms with Gasteiger partial charge in [0.1, 0.15) is 23.7 Å². The van der Waals surface area contributed by atoms with Crippen LogP contribution < -0.4 is 16.2 Å². The number of ether oxygens (including phenoxy) is 1. The number of carbonyl (C=O) groups excluding carboxylic acids is 2. The zero-order valence-corrected chi connectivity index (χ0v) is 16.5. The average molecular weight is 412 g/mol. The molecular formula is C24H20N4O3. The third-order valence-corrected chi connectivity index (χ3v) is 4.73. The number of aromatic nitrogens is 2. The molecule has 0 atom stereocenters. The van der Waals surface area contributed by atoms with Gasteiger partial charge in [-0.2, -0.15) is 0 Å². The molecule has 3 aromatic carbocycles. The molecule has 0 spiro atoms. The molecule has 0 aliphatic carbocycles. The lowest BCUT2D eigenvalue weighted by Crippen LogP contribution is -2.11. The molecule has 0 fully saturated rings. The Morgan fingerprint density at radius 1 is 0.968 bits per heavy atom. The Balaban J connectivity index is 1.44. The first-order chi connectivity index (χ1) is 15.0. The van der Waals surface area contributed by atoms with Crippen LogP contribution in [-0.4, -0.2) is 21.8 Å². The summed E-state index contributed by atoms with van der Waals surface area (Å²) >= 11 is 0. The number of aromatic amines is 1. The Labute approximate surface area is 178 Å². The maximum atomic E-state index is 11.6. The summed E-state index contributed by atoms with van der Waals surface area (Å²) < 4.78 is 5.85. The summed E-state index contributed by atoms with van der Waals surface area (Å²) in [5.41, 5.74) is 15.0. The topological polar surface area (TPSA) is 124 Å². The Bertz CT molecular complexity index is 1270. The van der Waals surface area contributed by atoms with Crippen LogP contribution in [0.5, 0.6) is 5.75 Å². The van der Waals surface area contributed by atoms with Crippen LogP contribution in [0.3, 0.4) is 0 Å². The maximum absolute atomic E-state index is 11.6. The number of amides is 2. The standard InChI is InChI=1S/C24H20N4O3/c25-21(29)13-8-15-4-6-16(7-5-15)14-31-18-11-9-17(10-12-18)24-27-20-3-1-2-19(23(26)30)22(20)28-24/h1-13H,14H2,(H2,25,29)(H2,26,30)(H,27,28)/b13-8+. The van der Waals surface area contributed by atoms with Gasteiger partial charge in [-0.15, -0.1) is 0 Å². The first-order valence-electron chi connectivity index (χ1n) is 9.58. The number of hydrogen-bond donors (Lipinski definition) is 3. The van der Waals surface area contributed by atoms with Gasteiger partial charge in [-0.25, -0.2) is 4.98 Å². The quantitative estimate of drug-likeness (QED) is 0.402. The zero-order valence-electron chi connectivity index (χ0n) is 16.5. The number of carbonyl (C=O) groups is 2. The number of fused-ring (bicyclic) bond motifs is 1. The first kappa shape index (κ1) is 19.9. The molecule has 7 heteroatoms. The van der Waals surface area contributed by atoms with Gasteiger partial charge in [0.25, 0.3) is 5.91 Å². The largest absolute Gasteiger partial charge is 0.489 e. The van der Waals surface area contributed by atoms with E-state index in [1.165, 1.54) is 6.08 Å². The monoisotopic (exact) mass is 412 g/mol. The molecule has 4 rings (SSSR count). The summed E-state index contributed by atoms with van der Waals surface area (Å²) in [6.07, 6.45) is 2.99. The molecule has 0 saturated heterocycles. The highest BCUT2D eigenvalue weighted by Gasteiger charge is 2.12. The fourth-order valence-electron chi connectivity index (χ4n) is 3.15. The number of primary amides is 2. The number of H-pyrrole nitrogens is 1. The van der Waals surface area contributed by atoms with Gasteiger partial charge in [0.15, 0.2) is 0 Å².